The van der Waals surface area contributed by atoms with Gasteiger partial charge >= 0.3 is 13.8 Å². The van der Waals surface area contributed by atoms with Crippen LogP contribution in [0.5, 0.6) is 0 Å². The first-order chi connectivity index (χ1) is 38.9. The molecule has 0 aromatic rings. The maximum absolute atomic E-state index is 13.6. The first kappa shape index (κ1) is 77.5. The number of unbranched alkanes of at least 4 members (excludes halogenated alkanes) is 35. The van der Waals surface area contributed by atoms with E-state index in [9.17, 15) is 19.0 Å². The number of rotatable bonds is 61. The lowest BCUT2D eigenvalue weighted by atomic mass is 10.0. The van der Waals surface area contributed by atoms with Gasteiger partial charge in [0.05, 0.1) is 33.8 Å². The van der Waals surface area contributed by atoms with E-state index in [2.05, 4.69) is 86.8 Å². The molecule has 0 fully saturated rings. The molecule has 0 heterocycles. The summed E-state index contributed by atoms with van der Waals surface area (Å²) in [4.78, 5) is 37.8. The largest absolute Gasteiger partial charge is 0.472 e. The standard InChI is InChI=1S/C70H129N2O7P/c1-7-10-13-16-19-22-25-28-30-32-34-35-36-37-39-40-42-44-47-50-53-56-59-62-69(73)71-67(66-78-80(75,76)77-65-64-72(4,5)6)68(61-58-55-52-49-46-27-24-21-18-15-12-9-3)79-70(74)63-60-57-54-51-48-45-43-41-38-33-31-29-26-23-20-17-14-11-8-2/h19-20,22-23,28-31,38,41,58,61,67-68H,7-18,21,24-27,32-37,39-40,42-57,59-60,62-66H2,1-6H3,(H-,71,73,75,76)/p+1/b22-19-,23-20-,30-28-,31-29-,41-38-,61-58-. The van der Waals surface area contributed by atoms with Gasteiger partial charge in [-0.3, -0.25) is 18.6 Å². The summed E-state index contributed by atoms with van der Waals surface area (Å²) in [6.45, 7) is 6.97. The van der Waals surface area contributed by atoms with Crippen LogP contribution in [0, 0.1) is 0 Å². The SMILES string of the molecule is CCCCC/C=C\C/C=C\C/C=C\CCCCCCCCC(=O)OC(/C=C\CCCCCCCCCCCC)C(COP(=O)(O)OCC[N+](C)(C)C)NC(=O)CCCCCCCCCCCCCCC/C=C\C/C=C\CCCCC. The molecule has 80 heavy (non-hydrogen) atoms. The third kappa shape index (κ3) is 60.1. The number of nitrogens with zero attached hydrogens (tertiary/aromatic N) is 1. The van der Waals surface area contributed by atoms with Crippen molar-refractivity contribution >= 4 is 19.7 Å². The number of esters is 1. The Kier molecular flexibility index (Phi) is 57.7. The fraction of sp³-hybridized carbons (Fsp3) is 0.800. The van der Waals surface area contributed by atoms with E-state index in [1.54, 1.807) is 0 Å². The van der Waals surface area contributed by atoms with Gasteiger partial charge in [0.25, 0.3) is 0 Å². The number of carbonyl (C=O) groups excluding carboxylic acids is 2. The van der Waals surface area contributed by atoms with Crippen molar-refractivity contribution in [1.82, 2.24) is 5.32 Å². The van der Waals surface area contributed by atoms with Gasteiger partial charge in [-0.05, 0) is 102 Å². The van der Waals surface area contributed by atoms with Crippen LogP contribution in [0.15, 0.2) is 72.9 Å². The van der Waals surface area contributed by atoms with Crippen LogP contribution in [0.4, 0.5) is 0 Å². The monoisotopic (exact) mass is 1140 g/mol. The van der Waals surface area contributed by atoms with E-state index < -0.39 is 20.0 Å². The van der Waals surface area contributed by atoms with Gasteiger partial charge in [0, 0.05) is 12.8 Å². The van der Waals surface area contributed by atoms with Crippen LogP contribution < -0.4 is 5.32 Å². The number of likely N-dealkylation sites (N-methyl/N-ethyl adjacent to an activating group) is 1. The highest BCUT2D eigenvalue weighted by Gasteiger charge is 2.30. The number of amides is 1. The highest BCUT2D eigenvalue weighted by atomic mass is 31.2. The van der Waals surface area contributed by atoms with Crippen LogP contribution in [-0.4, -0.2) is 74.3 Å². The smallest absolute Gasteiger partial charge is 0.456 e. The van der Waals surface area contributed by atoms with Crippen LogP contribution in [0.1, 0.15) is 310 Å². The molecule has 3 unspecified atom stereocenters. The molecule has 0 aromatic carbocycles. The maximum Gasteiger partial charge on any atom is 0.472 e. The summed E-state index contributed by atoms with van der Waals surface area (Å²) in [5.41, 5.74) is 0. The van der Waals surface area contributed by atoms with Crippen molar-refractivity contribution in [3.63, 3.8) is 0 Å². The summed E-state index contributed by atoms with van der Waals surface area (Å²) in [6.07, 6.45) is 77.6. The summed E-state index contributed by atoms with van der Waals surface area (Å²) in [7, 11) is 1.49. The first-order valence-electron chi connectivity index (χ1n) is 33.8. The van der Waals surface area contributed by atoms with Crippen LogP contribution in [-0.2, 0) is 27.9 Å². The van der Waals surface area contributed by atoms with E-state index in [1.807, 2.05) is 33.3 Å². The molecule has 1 amide bonds. The highest BCUT2D eigenvalue weighted by Crippen LogP contribution is 2.43. The third-order valence-corrected chi connectivity index (χ3v) is 15.9. The first-order valence-corrected chi connectivity index (χ1v) is 35.3. The predicted octanol–water partition coefficient (Wildman–Crippen LogP) is 21.2. The molecule has 0 saturated heterocycles. The van der Waals surface area contributed by atoms with Gasteiger partial charge in [0.15, 0.2) is 0 Å². The molecule has 0 saturated carbocycles. The molecule has 3 atom stereocenters. The minimum Gasteiger partial charge on any atom is -0.456 e. The lowest BCUT2D eigenvalue weighted by Crippen LogP contribution is -2.47. The topological polar surface area (TPSA) is 111 Å². The lowest BCUT2D eigenvalue weighted by molar-refractivity contribution is -0.870. The Bertz CT molecular complexity index is 1600. The summed E-state index contributed by atoms with van der Waals surface area (Å²) in [5.74, 6) is -0.514. The summed E-state index contributed by atoms with van der Waals surface area (Å²) in [6, 6.07) is -0.857. The Labute approximate surface area is 495 Å². The summed E-state index contributed by atoms with van der Waals surface area (Å²) >= 11 is 0. The van der Waals surface area contributed by atoms with Crippen molar-refractivity contribution in [2.75, 3.05) is 40.9 Å². The summed E-state index contributed by atoms with van der Waals surface area (Å²) < 4.78 is 30.8. The number of hydrogen-bond acceptors (Lipinski definition) is 6. The Morgan fingerprint density at radius 1 is 0.438 bits per heavy atom. The van der Waals surface area contributed by atoms with E-state index in [4.69, 9.17) is 13.8 Å². The molecule has 0 rings (SSSR count). The minimum absolute atomic E-state index is 0.0363. The number of ether oxygens (including phenoxy) is 1. The number of allylic oxidation sites excluding steroid dienone is 11. The molecule has 0 aliphatic heterocycles. The van der Waals surface area contributed by atoms with E-state index in [1.165, 1.54) is 186 Å². The Hall–Kier alpha value is -2.55. The zero-order valence-corrected chi connectivity index (χ0v) is 54.2. The van der Waals surface area contributed by atoms with Crippen molar-refractivity contribution in [3.05, 3.63) is 72.9 Å². The second-order valence-corrected chi connectivity index (χ2v) is 25.4. The van der Waals surface area contributed by atoms with Crippen molar-refractivity contribution in [1.29, 1.82) is 0 Å². The molecular formula is C70H130N2O7P+. The number of hydrogen-bond donors (Lipinski definition) is 2. The quantitative estimate of drug-likeness (QED) is 0.0205. The fourth-order valence-corrected chi connectivity index (χ4v) is 10.4. The molecule has 9 nitrogen and oxygen atoms in total. The van der Waals surface area contributed by atoms with Crippen molar-refractivity contribution in [3.8, 4) is 0 Å². The predicted molar refractivity (Wildman–Crippen MR) is 346 cm³/mol. The van der Waals surface area contributed by atoms with Crippen molar-refractivity contribution in [2.45, 2.75) is 322 Å². The van der Waals surface area contributed by atoms with E-state index in [-0.39, 0.29) is 31.5 Å². The van der Waals surface area contributed by atoms with E-state index in [0.29, 0.717) is 17.4 Å². The van der Waals surface area contributed by atoms with Gasteiger partial charge in [0.2, 0.25) is 5.91 Å². The molecule has 0 bridgehead atoms. The molecular weight excluding hydrogens is 1010 g/mol. The van der Waals surface area contributed by atoms with Crippen LogP contribution in [0.2, 0.25) is 0 Å². The Morgan fingerprint density at radius 3 is 1.16 bits per heavy atom. The zero-order chi connectivity index (χ0) is 58.6. The van der Waals surface area contributed by atoms with Gasteiger partial charge in [0.1, 0.15) is 19.3 Å². The normalized spacial score (nSPS) is 14.0. The van der Waals surface area contributed by atoms with E-state index in [0.717, 1.165) is 89.9 Å². The van der Waals surface area contributed by atoms with Gasteiger partial charge in [-0.15, -0.1) is 0 Å². The molecule has 0 aromatic heterocycles. The number of carbonyl (C=O) groups is 2. The highest BCUT2D eigenvalue weighted by molar-refractivity contribution is 7.47. The molecule has 0 aliphatic carbocycles. The van der Waals surface area contributed by atoms with Crippen molar-refractivity contribution in [2.24, 2.45) is 0 Å². The van der Waals surface area contributed by atoms with Gasteiger partial charge in [-0.25, -0.2) is 4.57 Å². The number of nitrogens with one attached hydrogen (secondary N) is 1. The molecule has 466 valence electrons. The molecule has 2 N–H and O–H groups in total. The van der Waals surface area contributed by atoms with Gasteiger partial charge in [-0.2, -0.15) is 0 Å². The molecule has 0 aliphatic rings. The maximum atomic E-state index is 13.6. The third-order valence-electron chi connectivity index (χ3n) is 14.9. The summed E-state index contributed by atoms with van der Waals surface area (Å²) in [5, 5.41) is 3.06. The van der Waals surface area contributed by atoms with Crippen LogP contribution >= 0.6 is 7.82 Å². The molecule has 0 radical (unpaired) electrons. The van der Waals surface area contributed by atoms with Gasteiger partial charge < -0.3 is 19.4 Å². The lowest BCUT2D eigenvalue weighted by Gasteiger charge is -2.27. The number of phosphoric acid groups is 1. The van der Waals surface area contributed by atoms with Crippen LogP contribution in [0.25, 0.3) is 0 Å². The minimum atomic E-state index is -4.46. The second-order valence-electron chi connectivity index (χ2n) is 24.0. The van der Waals surface area contributed by atoms with Crippen LogP contribution in [0.3, 0.4) is 0 Å². The Morgan fingerprint density at radius 2 is 0.762 bits per heavy atom. The average molecular weight is 1140 g/mol. The fourth-order valence-electron chi connectivity index (χ4n) is 9.63. The van der Waals surface area contributed by atoms with E-state index >= 15 is 0 Å². The second kappa shape index (κ2) is 59.6. The number of quaternary nitrogens is 1. The molecule has 0 spiro atoms. The zero-order valence-electron chi connectivity index (χ0n) is 53.3. The average Bonchev–Trinajstić information content (AvgIpc) is 3.43. The van der Waals surface area contributed by atoms with Crippen molar-refractivity contribution < 1.29 is 37.3 Å². The number of phosphoric ester groups is 1. The molecule has 10 heteroatoms. The van der Waals surface area contributed by atoms with Gasteiger partial charge in [-0.1, -0.05) is 267 Å². The Balaban J connectivity index is 5.15.